The molecule has 0 fully saturated rings. The fraction of sp³-hybridized carbons (Fsp3) is 0. The van der Waals surface area contributed by atoms with Crippen LogP contribution in [0.25, 0.3) is 0 Å². The number of nitrogens with one attached hydrogen (secondary N) is 2. The van der Waals surface area contributed by atoms with Gasteiger partial charge in [-0.2, -0.15) is 0 Å². The molecule has 0 aliphatic heterocycles. The van der Waals surface area contributed by atoms with Gasteiger partial charge in [-0.3, -0.25) is 9.59 Å². The van der Waals surface area contributed by atoms with Crippen LogP contribution in [0.4, 0.5) is 10.1 Å². The van der Waals surface area contributed by atoms with E-state index in [-0.39, 0.29) is 21.9 Å². The van der Waals surface area contributed by atoms with Crippen LogP contribution in [0.2, 0.25) is 0 Å². The number of carbonyl (C=O) groups is 1. The van der Waals surface area contributed by atoms with E-state index in [9.17, 15) is 14.0 Å². The van der Waals surface area contributed by atoms with Crippen LogP contribution < -0.4 is 16.6 Å². The SMILES string of the molecule is NC(=S)c1cc(F)ccc1NC(=O)c1cccc(=O)[nH]1. The predicted molar refractivity (Wildman–Crippen MR) is 77.3 cm³/mol. The third kappa shape index (κ3) is 3.07. The maximum absolute atomic E-state index is 13.1. The van der Waals surface area contributed by atoms with Crippen molar-refractivity contribution in [1.29, 1.82) is 0 Å². The summed E-state index contributed by atoms with van der Waals surface area (Å²) in [5.41, 5.74) is 5.65. The van der Waals surface area contributed by atoms with Crippen molar-refractivity contribution in [1.82, 2.24) is 4.98 Å². The van der Waals surface area contributed by atoms with Crippen LogP contribution in [0.15, 0.2) is 41.2 Å². The van der Waals surface area contributed by atoms with Crippen molar-refractivity contribution in [2.75, 3.05) is 5.32 Å². The molecule has 102 valence electrons. The zero-order valence-electron chi connectivity index (χ0n) is 10.1. The summed E-state index contributed by atoms with van der Waals surface area (Å²) in [6.07, 6.45) is 0. The van der Waals surface area contributed by atoms with E-state index in [0.717, 1.165) is 6.07 Å². The van der Waals surface area contributed by atoms with Gasteiger partial charge >= 0.3 is 0 Å². The molecule has 4 N–H and O–H groups in total. The molecule has 0 saturated heterocycles. The highest BCUT2D eigenvalue weighted by Crippen LogP contribution is 2.17. The van der Waals surface area contributed by atoms with Crippen LogP contribution in [-0.2, 0) is 0 Å². The van der Waals surface area contributed by atoms with Crippen molar-refractivity contribution in [2.45, 2.75) is 0 Å². The summed E-state index contributed by atoms with van der Waals surface area (Å²) in [4.78, 5) is 25.4. The summed E-state index contributed by atoms with van der Waals surface area (Å²) < 4.78 is 13.1. The number of aromatic amines is 1. The minimum atomic E-state index is -0.549. The Kier molecular flexibility index (Phi) is 3.90. The number of carbonyl (C=O) groups excluding carboxylic acids is 1. The molecule has 0 aliphatic rings. The molecule has 5 nitrogen and oxygen atoms in total. The average Bonchev–Trinajstić information content (AvgIpc) is 2.40. The molecule has 1 aromatic carbocycles. The van der Waals surface area contributed by atoms with Crippen molar-refractivity contribution in [2.24, 2.45) is 5.73 Å². The van der Waals surface area contributed by atoms with Gasteiger partial charge in [-0.15, -0.1) is 0 Å². The number of hydrogen-bond acceptors (Lipinski definition) is 3. The highest BCUT2D eigenvalue weighted by Gasteiger charge is 2.12. The maximum Gasteiger partial charge on any atom is 0.272 e. The monoisotopic (exact) mass is 291 g/mol. The second-order valence-electron chi connectivity index (χ2n) is 3.94. The quantitative estimate of drug-likeness (QED) is 0.746. The van der Waals surface area contributed by atoms with Crippen LogP contribution in [0.5, 0.6) is 0 Å². The first-order chi connectivity index (χ1) is 9.47. The number of amides is 1. The normalized spacial score (nSPS) is 10.1. The first-order valence-electron chi connectivity index (χ1n) is 5.57. The van der Waals surface area contributed by atoms with Gasteiger partial charge in [0.15, 0.2) is 0 Å². The number of aromatic nitrogens is 1. The third-order valence-electron chi connectivity index (χ3n) is 2.51. The first-order valence-corrected chi connectivity index (χ1v) is 5.98. The van der Waals surface area contributed by atoms with Crippen molar-refractivity contribution < 1.29 is 9.18 Å². The Labute approximate surface area is 118 Å². The molecule has 1 heterocycles. The minimum absolute atomic E-state index is 0.0404. The lowest BCUT2D eigenvalue weighted by Gasteiger charge is -2.10. The van der Waals surface area contributed by atoms with Crippen LogP contribution in [-0.4, -0.2) is 15.9 Å². The van der Waals surface area contributed by atoms with Gasteiger partial charge in [-0.25, -0.2) is 4.39 Å². The van der Waals surface area contributed by atoms with E-state index in [1.165, 1.54) is 30.3 Å². The predicted octanol–water partition coefficient (Wildman–Crippen LogP) is 1.40. The minimum Gasteiger partial charge on any atom is -0.389 e. The van der Waals surface area contributed by atoms with E-state index in [2.05, 4.69) is 10.3 Å². The fourth-order valence-electron chi connectivity index (χ4n) is 1.60. The molecule has 0 bridgehead atoms. The molecule has 0 atom stereocenters. The molecule has 20 heavy (non-hydrogen) atoms. The Balaban J connectivity index is 2.33. The molecule has 2 aromatic rings. The summed E-state index contributed by atoms with van der Waals surface area (Å²) in [6, 6.07) is 7.84. The molecule has 2 rings (SSSR count). The van der Waals surface area contributed by atoms with E-state index >= 15 is 0 Å². The summed E-state index contributed by atoms with van der Waals surface area (Å²) >= 11 is 4.80. The molecule has 0 unspecified atom stereocenters. The number of H-pyrrole nitrogens is 1. The van der Waals surface area contributed by atoms with Crippen LogP contribution in [0, 0.1) is 5.82 Å². The van der Waals surface area contributed by atoms with E-state index < -0.39 is 17.3 Å². The van der Waals surface area contributed by atoms with Gasteiger partial charge in [-0.1, -0.05) is 18.3 Å². The standard InChI is InChI=1S/C13H10FN3O2S/c14-7-4-5-9(8(6-7)12(15)20)17-13(19)10-2-1-3-11(18)16-10/h1-6H,(H2,15,20)(H,16,18)(H,17,19). The van der Waals surface area contributed by atoms with E-state index in [1.807, 2.05) is 0 Å². The number of hydrogen-bond donors (Lipinski definition) is 3. The molecular formula is C13H10FN3O2S. The number of pyridine rings is 1. The highest BCUT2D eigenvalue weighted by atomic mass is 32.1. The second-order valence-corrected chi connectivity index (χ2v) is 4.38. The van der Waals surface area contributed by atoms with Gasteiger partial charge in [0.2, 0.25) is 5.56 Å². The summed E-state index contributed by atoms with van der Waals surface area (Å²) in [7, 11) is 0. The van der Waals surface area contributed by atoms with Gasteiger partial charge < -0.3 is 16.0 Å². The molecule has 1 amide bonds. The third-order valence-corrected chi connectivity index (χ3v) is 2.73. The fourth-order valence-corrected chi connectivity index (χ4v) is 1.77. The summed E-state index contributed by atoms with van der Waals surface area (Å²) in [5, 5.41) is 2.52. The zero-order valence-corrected chi connectivity index (χ0v) is 11.0. The van der Waals surface area contributed by atoms with Crippen LogP contribution in [0.1, 0.15) is 16.1 Å². The second kappa shape index (κ2) is 5.62. The van der Waals surface area contributed by atoms with Crippen molar-refractivity contribution in [3.05, 3.63) is 63.8 Å². The maximum atomic E-state index is 13.1. The molecule has 0 radical (unpaired) electrons. The number of nitrogens with two attached hydrogens (primary N) is 1. The van der Waals surface area contributed by atoms with Crippen LogP contribution >= 0.6 is 12.2 Å². The lowest BCUT2D eigenvalue weighted by atomic mass is 10.1. The smallest absolute Gasteiger partial charge is 0.272 e. The Hall–Kier alpha value is -2.54. The molecule has 0 spiro atoms. The van der Waals surface area contributed by atoms with E-state index in [4.69, 9.17) is 18.0 Å². The average molecular weight is 291 g/mol. The van der Waals surface area contributed by atoms with Gasteiger partial charge in [0.25, 0.3) is 5.91 Å². The first kappa shape index (κ1) is 13.9. The Morgan fingerprint density at radius 1 is 1.30 bits per heavy atom. The lowest BCUT2D eigenvalue weighted by Crippen LogP contribution is -2.20. The molecule has 0 saturated carbocycles. The molecule has 1 aromatic heterocycles. The Morgan fingerprint density at radius 3 is 2.70 bits per heavy atom. The van der Waals surface area contributed by atoms with Crippen molar-refractivity contribution >= 4 is 28.8 Å². The summed E-state index contributed by atoms with van der Waals surface area (Å²) in [5.74, 6) is -1.06. The van der Waals surface area contributed by atoms with Gasteiger partial charge in [0, 0.05) is 11.6 Å². The Morgan fingerprint density at radius 2 is 2.05 bits per heavy atom. The van der Waals surface area contributed by atoms with E-state index in [0.29, 0.717) is 0 Å². The van der Waals surface area contributed by atoms with Gasteiger partial charge in [-0.05, 0) is 24.3 Å². The van der Waals surface area contributed by atoms with Crippen LogP contribution in [0.3, 0.4) is 0 Å². The highest BCUT2D eigenvalue weighted by molar-refractivity contribution is 7.80. The van der Waals surface area contributed by atoms with Crippen molar-refractivity contribution in [3.8, 4) is 0 Å². The molecule has 0 aliphatic carbocycles. The lowest BCUT2D eigenvalue weighted by molar-refractivity contribution is 0.102. The molecular weight excluding hydrogens is 281 g/mol. The topological polar surface area (TPSA) is 88.0 Å². The Bertz CT molecular complexity index is 742. The number of rotatable bonds is 3. The van der Waals surface area contributed by atoms with Gasteiger partial charge in [0.05, 0.1) is 5.69 Å². The van der Waals surface area contributed by atoms with Gasteiger partial charge in [0.1, 0.15) is 16.5 Å². The summed E-state index contributed by atoms with van der Waals surface area (Å²) in [6.45, 7) is 0. The number of anilines is 1. The van der Waals surface area contributed by atoms with E-state index in [1.54, 1.807) is 0 Å². The largest absolute Gasteiger partial charge is 0.389 e. The number of halogens is 1. The molecule has 7 heteroatoms. The zero-order chi connectivity index (χ0) is 14.7. The number of benzene rings is 1. The van der Waals surface area contributed by atoms with Crippen molar-refractivity contribution in [3.63, 3.8) is 0 Å². The number of thiocarbonyl (C=S) groups is 1.